The van der Waals surface area contributed by atoms with E-state index in [4.69, 9.17) is 4.74 Å². The molecule has 8 nitrogen and oxygen atoms in total. The van der Waals surface area contributed by atoms with Gasteiger partial charge in [-0.3, -0.25) is 13.9 Å². The molecule has 0 radical (unpaired) electrons. The fourth-order valence-corrected chi connectivity index (χ4v) is 5.66. The highest BCUT2D eigenvalue weighted by Gasteiger charge is 2.34. The number of nitrogens with zero attached hydrogens (tertiary/aromatic N) is 2. The third kappa shape index (κ3) is 7.38. The number of amides is 2. The highest BCUT2D eigenvalue weighted by molar-refractivity contribution is 7.92. The van der Waals surface area contributed by atoms with Crippen LogP contribution in [0.2, 0.25) is 0 Å². The average molecular weight is 552 g/mol. The molecule has 0 aromatic heterocycles. The summed E-state index contributed by atoms with van der Waals surface area (Å²) in [7, 11) is -2.71. The molecule has 0 saturated carbocycles. The molecule has 0 heterocycles. The van der Waals surface area contributed by atoms with Crippen molar-refractivity contribution in [2.75, 3.05) is 18.0 Å². The van der Waals surface area contributed by atoms with Crippen LogP contribution in [0.25, 0.3) is 0 Å². The number of methoxy groups -OCH3 is 1. The molecule has 0 saturated heterocycles. The number of nitrogens with one attached hydrogen (secondary N) is 1. The van der Waals surface area contributed by atoms with Crippen molar-refractivity contribution in [3.05, 3.63) is 90.5 Å². The molecular weight excluding hydrogens is 514 g/mol. The third-order valence-electron chi connectivity index (χ3n) is 6.55. The number of benzene rings is 3. The summed E-state index contributed by atoms with van der Waals surface area (Å²) in [6.45, 7) is 5.35. The van der Waals surface area contributed by atoms with E-state index in [2.05, 4.69) is 5.32 Å². The predicted octanol–water partition coefficient (Wildman–Crippen LogP) is 4.61. The first-order valence-corrected chi connectivity index (χ1v) is 14.5. The largest absolute Gasteiger partial charge is 0.495 e. The minimum atomic E-state index is -4.16. The van der Waals surface area contributed by atoms with Crippen molar-refractivity contribution in [2.45, 2.75) is 57.1 Å². The van der Waals surface area contributed by atoms with Crippen LogP contribution in [0, 0.1) is 0 Å². The number of hydrogen-bond acceptors (Lipinski definition) is 5. The molecule has 0 spiro atoms. The van der Waals surface area contributed by atoms with Gasteiger partial charge in [0.1, 0.15) is 18.3 Å². The number of hydrogen-bond donors (Lipinski definition) is 1. The van der Waals surface area contributed by atoms with Gasteiger partial charge in [-0.2, -0.15) is 0 Å². The van der Waals surface area contributed by atoms with E-state index in [9.17, 15) is 18.0 Å². The molecule has 0 unspecified atom stereocenters. The number of para-hydroxylation sites is 2. The van der Waals surface area contributed by atoms with Crippen LogP contribution in [-0.2, 0) is 26.2 Å². The molecule has 0 aliphatic carbocycles. The molecular formula is C30H37N3O5S. The highest BCUT2D eigenvalue weighted by atomic mass is 32.2. The SMILES string of the molecule is CC[C@@H](C)NC(=O)[C@@H](CC)N(Cc1ccccc1)C(=O)CN(c1ccccc1OC)S(=O)(=O)c1ccccc1. The monoisotopic (exact) mass is 551 g/mol. The van der Waals surface area contributed by atoms with Crippen molar-refractivity contribution in [1.29, 1.82) is 0 Å². The lowest BCUT2D eigenvalue weighted by atomic mass is 10.1. The summed E-state index contributed by atoms with van der Waals surface area (Å²) < 4.78 is 34.3. The van der Waals surface area contributed by atoms with Crippen molar-refractivity contribution in [3.63, 3.8) is 0 Å². The van der Waals surface area contributed by atoms with Gasteiger partial charge in [-0.15, -0.1) is 0 Å². The van der Waals surface area contributed by atoms with Crippen molar-refractivity contribution in [2.24, 2.45) is 0 Å². The first-order valence-electron chi connectivity index (χ1n) is 13.1. The molecule has 0 fully saturated rings. The molecule has 2 atom stereocenters. The van der Waals surface area contributed by atoms with Gasteiger partial charge in [-0.1, -0.05) is 74.5 Å². The first kappa shape index (κ1) is 29.7. The summed E-state index contributed by atoms with van der Waals surface area (Å²) in [5.41, 5.74) is 1.06. The minimum absolute atomic E-state index is 0.0415. The normalized spacial score (nSPS) is 12.7. The van der Waals surface area contributed by atoms with Gasteiger partial charge in [0.05, 0.1) is 17.7 Å². The maximum absolute atomic E-state index is 14.1. The van der Waals surface area contributed by atoms with E-state index in [1.165, 1.54) is 24.1 Å². The van der Waals surface area contributed by atoms with E-state index in [0.29, 0.717) is 12.2 Å². The molecule has 0 aliphatic rings. The molecule has 3 aromatic carbocycles. The molecule has 3 rings (SSSR count). The number of carbonyl (C=O) groups excluding carboxylic acids is 2. The Bertz CT molecular complexity index is 1330. The van der Waals surface area contributed by atoms with Crippen LogP contribution < -0.4 is 14.4 Å². The Morgan fingerprint density at radius 1 is 0.872 bits per heavy atom. The lowest BCUT2D eigenvalue weighted by molar-refractivity contribution is -0.140. The van der Waals surface area contributed by atoms with Crippen LogP contribution in [-0.4, -0.2) is 50.9 Å². The maximum Gasteiger partial charge on any atom is 0.264 e. The number of anilines is 1. The van der Waals surface area contributed by atoms with E-state index >= 15 is 0 Å². The molecule has 208 valence electrons. The second-order valence-corrected chi connectivity index (χ2v) is 11.1. The summed E-state index contributed by atoms with van der Waals surface area (Å²) in [5.74, 6) is -0.470. The lowest BCUT2D eigenvalue weighted by Gasteiger charge is -2.34. The Labute approximate surface area is 231 Å². The van der Waals surface area contributed by atoms with Gasteiger partial charge < -0.3 is 15.0 Å². The average Bonchev–Trinajstić information content (AvgIpc) is 2.96. The molecule has 9 heteroatoms. The van der Waals surface area contributed by atoms with Gasteiger partial charge in [-0.05, 0) is 49.6 Å². The van der Waals surface area contributed by atoms with Gasteiger partial charge in [-0.25, -0.2) is 8.42 Å². The third-order valence-corrected chi connectivity index (χ3v) is 8.32. The van der Waals surface area contributed by atoms with Crippen molar-refractivity contribution in [1.82, 2.24) is 10.2 Å². The number of carbonyl (C=O) groups is 2. The standard InChI is InChI=1S/C30H37N3O5S/c1-5-23(3)31-30(35)26(6-2)32(21-24-15-9-7-10-16-24)29(34)22-33(27-19-13-14-20-28(27)38-4)39(36,37)25-17-11-8-12-18-25/h7-20,23,26H,5-6,21-22H2,1-4H3,(H,31,35)/t23-,26-/m1/s1. The second kappa shape index (κ2) is 13.8. The van der Waals surface area contributed by atoms with Crippen molar-refractivity contribution in [3.8, 4) is 5.75 Å². The highest BCUT2D eigenvalue weighted by Crippen LogP contribution is 2.32. The molecule has 1 N–H and O–H groups in total. The summed E-state index contributed by atoms with van der Waals surface area (Å²) in [6.07, 6.45) is 1.10. The Balaban J connectivity index is 2.07. The first-order chi connectivity index (χ1) is 18.7. The van der Waals surface area contributed by atoms with Gasteiger partial charge in [0.15, 0.2) is 0 Å². The number of rotatable bonds is 13. The summed E-state index contributed by atoms with van der Waals surface area (Å²) in [6, 6.07) is 23.1. The molecule has 3 aromatic rings. The number of ether oxygens (including phenoxy) is 1. The Morgan fingerprint density at radius 2 is 1.46 bits per heavy atom. The van der Waals surface area contributed by atoms with Crippen LogP contribution in [0.5, 0.6) is 5.75 Å². The Morgan fingerprint density at radius 3 is 2.05 bits per heavy atom. The van der Waals surface area contributed by atoms with Gasteiger partial charge in [0.25, 0.3) is 10.0 Å². The Kier molecular flexibility index (Phi) is 10.5. The predicted molar refractivity (Wildman–Crippen MR) is 153 cm³/mol. The topological polar surface area (TPSA) is 96.0 Å². The number of sulfonamides is 1. The van der Waals surface area contributed by atoms with E-state index in [0.717, 1.165) is 16.3 Å². The van der Waals surface area contributed by atoms with Crippen LogP contribution in [0.3, 0.4) is 0 Å². The maximum atomic E-state index is 14.1. The van der Waals surface area contributed by atoms with E-state index in [1.54, 1.807) is 42.5 Å². The Hall–Kier alpha value is -3.85. The van der Waals surface area contributed by atoms with Gasteiger partial charge >= 0.3 is 0 Å². The second-order valence-electron chi connectivity index (χ2n) is 9.25. The van der Waals surface area contributed by atoms with Crippen molar-refractivity contribution < 1.29 is 22.7 Å². The van der Waals surface area contributed by atoms with E-state index in [1.807, 2.05) is 51.1 Å². The zero-order valence-electron chi connectivity index (χ0n) is 22.9. The summed E-state index contributed by atoms with van der Waals surface area (Å²) in [5, 5.41) is 2.98. The van der Waals surface area contributed by atoms with E-state index < -0.39 is 28.5 Å². The zero-order chi connectivity index (χ0) is 28.4. The molecule has 0 aliphatic heterocycles. The van der Waals surface area contributed by atoms with Crippen molar-refractivity contribution >= 4 is 27.5 Å². The van der Waals surface area contributed by atoms with Crippen LogP contribution in [0.4, 0.5) is 5.69 Å². The zero-order valence-corrected chi connectivity index (χ0v) is 23.7. The molecule has 0 bridgehead atoms. The minimum Gasteiger partial charge on any atom is -0.495 e. The molecule has 2 amide bonds. The lowest BCUT2D eigenvalue weighted by Crippen LogP contribution is -2.53. The van der Waals surface area contributed by atoms with Gasteiger partial charge in [0.2, 0.25) is 11.8 Å². The van der Waals surface area contributed by atoms with Crippen LogP contribution in [0.15, 0.2) is 89.8 Å². The summed E-state index contributed by atoms with van der Waals surface area (Å²) in [4.78, 5) is 28.9. The smallest absolute Gasteiger partial charge is 0.264 e. The fraction of sp³-hybridized carbons (Fsp3) is 0.333. The summed E-state index contributed by atoms with van der Waals surface area (Å²) >= 11 is 0. The van der Waals surface area contributed by atoms with Gasteiger partial charge in [0, 0.05) is 12.6 Å². The fourth-order valence-electron chi connectivity index (χ4n) is 4.21. The quantitative estimate of drug-likeness (QED) is 0.335. The van der Waals surface area contributed by atoms with Crippen LogP contribution >= 0.6 is 0 Å². The van der Waals surface area contributed by atoms with E-state index in [-0.39, 0.29) is 29.1 Å². The molecule has 39 heavy (non-hydrogen) atoms. The van der Waals surface area contributed by atoms with Crippen LogP contribution in [0.1, 0.15) is 39.2 Å².